The molecule has 2 aromatic carbocycles. The van der Waals surface area contributed by atoms with Crippen LogP contribution in [0.25, 0.3) is 11.0 Å². The van der Waals surface area contributed by atoms with Gasteiger partial charge in [0.2, 0.25) is 10.0 Å². The zero-order valence-electron chi connectivity index (χ0n) is 16.3. The molecule has 1 amide bonds. The number of carbonyl (C=O) groups excluding carboxylic acids is 1. The Kier molecular flexibility index (Phi) is 5.38. The van der Waals surface area contributed by atoms with Crippen molar-refractivity contribution in [1.29, 1.82) is 0 Å². The number of fused-ring (bicyclic) bond motifs is 1. The van der Waals surface area contributed by atoms with Crippen molar-refractivity contribution in [2.24, 2.45) is 0 Å². The third-order valence-electron chi connectivity index (χ3n) is 5.05. The monoisotopic (exact) mass is 412 g/mol. The zero-order chi connectivity index (χ0) is 20.4. The van der Waals surface area contributed by atoms with Gasteiger partial charge in [0.15, 0.2) is 0 Å². The molecule has 1 aliphatic carbocycles. The normalized spacial score (nSPS) is 14.2. The summed E-state index contributed by atoms with van der Waals surface area (Å²) in [7, 11) is -3.59. The first kappa shape index (κ1) is 19.6. The fraction of sp³-hybridized carbons (Fsp3) is 0.333. The van der Waals surface area contributed by atoms with Crippen LogP contribution in [0.4, 0.5) is 0 Å². The molecule has 1 saturated carbocycles. The number of rotatable bonds is 8. The minimum atomic E-state index is -3.59. The highest BCUT2D eigenvalue weighted by atomic mass is 32.2. The predicted octanol–water partition coefficient (Wildman–Crippen LogP) is 2.61. The zero-order valence-corrected chi connectivity index (χ0v) is 17.1. The van der Waals surface area contributed by atoms with Gasteiger partial charge in [-0.3, -0.25) is 4.79 Å². The number of amides is 1. The number of aryl methyl sites for hydroxylation is 2. The van der Waals surface area contributed by atoms with E-state index in [0.717, 1.165) is 42.4 Å². The first-order chi connectivity index (χ1) is 13.9. The Hall–Kier alpha value is -2.71. The fourth-order valence-corrected chi connectivity index (χ4v) is 4.57. The number of hydrogen-bond acceptors (Lipinski definition) is 4. The molecular weight excluding hydrogens is 388 g/mol. The second-order valence-corrected chi connectivity index (χ2v) is 9.12. The summed E-state index contributed by atoms with van der Waals surface area (Å²) in [5.74, 6) is -0.263. The standard InChI is InChI=1S/C21H24N4O3S/c1-15-7-10-17(29(27,28)24-16-8-9-16)13-18(15)21(26)22-11-4-12-25-14-23-19-5-2-3-6-20(19)25/h2-3,5-7,10,13-14,16,24H,4,8-9,11-12H2,1H3,(H,22,26). The number of imidazole rings is 1. The van der Waals surface area contributed by atoms with Gasteiger partial charge in [-0.15, -0.1) is 0 Å². The maximum absolute atomic E-state index is 12.6. The van der Waals surface area contributed by atoms with Gasteiger partial charge in [-0.2, -0.15) is 0 Å². The lowest BCUT2D eigenvalue weighted by molar-refractivity contribution is 0.0952. The first-order valence-electron chi connectivity index (χ1n) is 9.75. The summed E-state index contributed by atoms with van der Waals surface area (Å²) in [5.41, 5.74) is 3.14. The lowest BCUT2D eigenvalue weighted by Crippen LogP contribution is -2.28. The number of nitrogens with zero attached hydrogens (tertiary/aromatic N) is 2. The van der Waals surface area contributed by atoms with Crippen molar-refractivity contribution < 1.29 is 13.2 Å². The molecule has 3 aromatic rings. The summed E-state index contributed by atoms with van der Waals surface area (Å²) in [6, 6.07) is 12.6. The highest BCUT2D eigenvalue weighted by Crippen LogP contribution is 2.23. The third kappa shape index (κ3) is 4.49. The predicted molar refractivity (Wildman–Crippen MR) is 111 cm³/mol. The molecule has 0 bridgehead atoms. The summed E-state index contributed by atoms with van der Waals surface area (Å²) in [4.78, 5) is 17.1. The topological polar surface area (TPSA) is 93.1 Å². The molecule has 29 heavy (non-hydrogen) atoms. The van der Waals surface area contributed by atoms with E-state index in [0.29, 0.717) is 12.1 Å². The van der Waals surface area contributed by atoms with E-state index in [4.69, 9.17) is 0 Å². The van der Waals surface area contributed by atoms with Crippen LogP contribution in [-0.4, -0.2) is 36.5 Å². The molecule has 4 rings (SSSR count). The van der Waals surface area contributed by atoms with Crippen molar-refractivity contribution in [1.82, 2.24) is 19.6 Å². The van der Waals surface area contributed by atoms with E-state index in [1.165, 1.54) is 6.07 Å². The van der Waals surface area contributed by atoms with Gasteiger partial charge in [0.1, 0.15) is 0 Å². The van der Waals surface area contributed by atoms with Crippen LogP contribution >= 0.6 is 0 Å². The second-order valence-electron chi connectivity index (χ2n) is 7.41. The smallest absolute Gasteiger partial charge is 0.251 e. The maximum atomic E-state index is 12.6. The Labute approximate surface area is 170 Å². The molecule has 1 fully saturated rings. The second kappa shape index (κ2) is 7.96. The van der Waals surface area contributed by atoms with E-state index in [1.54, 1.807) is 25.4 Å². The van der Waals surface area contributed by atoms with Crippen molar-refractivity contribution in [3.8, 4) is 0 Å². The number of sulfonamides is 1. The van der Waals surface area contributed by atoms with Crippen molar-refractivity contribution >= 4 is 27.0 Å². The van der Waals surface area contributed by atoms with Gasteiger partial charge in [-0.05, 0) is 56.0 Å². The minimum Gasteiger partial charge on any atom is -0.352 e. The number of benzene rings is 2. The lowest BCUT2D eigenvalue weighted by atomic mass is 10.1. The number of nitrogens with one attached hydrogen (secondary N) is 2. The molecule has 0 unspecified atom stereocenters. The van der Waals surface area contributed by atoms with E-state index in [1.807, 2.05) is 24.3 Å². The molecule has 0 atom stereocenters. The molecule has 7 nitrogen and oxygen atoms in total. The van der Waals surface area contributed by atoms with Crippen molar-refractivity contribution in [2.75, 3.05) is 6.54 Å². The van der Waals surface area contributed by atoms with Crippen LogP contribution in [0.1, 0.15) is 35.2 Å². The maximum Gasteiger partial charge on any atom is 0.251 e. The summed E-state index contributed by atoms with van der Waals surface area (Å²) in [6.07, 6.45) is 4.28. The highest BCUT2D eigenvalue weighted by Gasteiger charge is 2.28. The van der Waals surface area contributed by atoms with E-state index in [2.05, 4.69) is 19.6 Å². The Bertz CT molecular complexity index is 1150. The molecule has 8 heteroatoms. The van der Waals surface area contributed by atoms with Gasteiger partial charge in [0, 0.05) is 24.7 Å². The largest absolute Gasteiger partial charge is 0.352 e. The van der Waals surface area contributed by atoms with E-state index in [-0.39, 0.29) is 16.8 Å². The SMILES string of the molecule is Cc1ccc(S(=O)(=O)NC2CC2)cc1C(=O)NCCCn1cnc2ccccc21. The van der Waals surface area contributed by atoms with Crippen LogP contribution in [0.2, 0.25) is 0 Å². The Balaban J connectivity index is 1.37. The van der Waals surface area contributed by atoms with Crippen LogP contribution in [0.5, 0.6) is 0 Å². The van der Waals surface area contributed by atoms with E-state index < -0.39 is 10.0 Å². The molecular formula is C21H24N4O3S. The van der Waals surface area contributed by atoms with Gasteiger partial charge < -0.3 is 9.88 Å². The quantitative estimate of drug-likeness (QED) is 0.556. The highest BCUT2D eigenvalue weighted by molar-refractivity contribution is 7.89. The van der Waals surface area contributed by atoms with Crippen LogP contribution in [0.3, 0.4) is 0 Å². The summed E-state index contributed by atoms with van der Waals surface area (Å²) < 4.78 is 29.5. The van der Waals surface area contributed by atoms with Crippen LogP contribution in [-0.2, 0) is 16.6 Å². The fourth-order valence-electron chi connectivity index (χ4n) is 3.24. The number of carbonyl (C=O) groups is 1. The molecule has 0 spiro atoms. The molecule has 0 saturated heterocycles. The number of hydrogen-bond donors (Lipinski definition) is 2. The Morgan fingerprint density at radius 3 is 2.79 bits per heavy atom. The molecule has 152 valence electrons. The molecule has 1 aliphatic rings. The molecule has 0 aliphatic heterocycles. The van der Waals surface area contributed by atoms with Crippen LogP contribution < -0.4 is 10.0 Å². The van der Waals surface area contributed by atoms with Crippen LogP contribution in [0, 0.1) is 6.92 Å². The first-order valence-corrected chi connectivity index (χ1v) is 11.2. The van der Waals surface area contributed by atoms with Crippen molar-refractivity contribution in [2.45, 2.75) is 43.7 Å². The average Bonchev–Trinajstić information content (AvgIpc) is 3.41. The average molecular weight is 413 g/mol. The van der Waals surface area contributed by atoms with Crippen molar-refractivity contribution in [3.05, 3.63) is 59.9 Å². The minimum absolute atomic E-state index is 0.0258. The van der Waals surface area contributed by atoms with Crippen LogP contribution in [0.15, 0.2) is 53.7 Å². The van der Waals surface area contributed by atoms with Gasteiger partial charge in [-0.25, -0.2) is 18.1 Å². The number of para-hydroxylation sites is 2. The van der Waals surface area contributed by atoms with Gasteiger partial charge in [-0.1, -0.05) is 18.2 Å². The van der Waals surface area contributed by atoms with Gasteiger partial charge >= 0.3 is 0 Å². The Morgan fingerprint density at radius 1 is 1.21 bits per heavy atom. The summed E-state index contributed by atoms with van der Waals surface area (Å²) in [6.45, 7) is 3.03. The lowest BCUT2D eigenvalue weighted by Gasteiger charge is -2.11. The Morgan fingerprint density at radius 2 is 2.00 bits per heavy atom. The molecule has 1 heterocycles. The van der Waals surface area contributed by atoms with E-state index >= 15 is 0 Å². The molecule has 1 aromatic heterocycles. The third-order valence-corrected chi connectivity index (χ3v) is 6.57. The number of aromatic nitrogens is 2. The van der Waals surface area contributed by atoms with Crippen molar-refractivity contribution in [3.63, 3.8) is 0 Å². The van der Waals surface area contributed by atoms with E-state index in [9.17, 15) is 13.2 Å². The summed E-state index contributed by atoms with van der Waals surface area (Å²) >= 11 is 0. The molecule has 2 N–H and O–H groups in total. The molecule has 0 radical (unpaired) electrons. The summed E-state index contributed by atoms with van der Waals surface area (Å²) in [5, 5.41) is 2.89. The van der Waals surface area contributed by atoms with Gasteiger partial charge in [0.25, 0.3) is 5.91 Å². The van der Waals surface area contributed by atoms with Gasteiger partial charge in [0.05, 0.1) is 22.3 Å².